The minimum Gasteiger partial charge on any atom is -0.474 e. The van der Waals surface area contributed by atoms with Crippen LogP contribution in [-0.4, -0.2) is 60.0 Å². The first-order valence-electron chi connectivity index (χ1n) is 9.89. The van der Waals surface area contributed by atoms with Crippen LogP contribution in [0.4, 0.5) is 4.79 Å². The van der Waals surface area contributed by atoms with Crippen molar-refractivity contribution in [2.45, 2.75) is 51.2 Å². The van der Waals surface area contributed by atoms with E-state index in [2.05, 4.69) is 10.3 Å². The fraction of sp³-hybridized carbons (Fsp3) is 0.650. The summed E-state index contributed by atoms with van der Waals surface area (Å²) < 4.78 is 6.04. The molecule has 2 heterocycles. The minimum atomic E-state index is -0.0490. The molecule has 3 rings (SSSR count). The van der Waals surface area contributed by atoms with Crippen LogP contribution in [0.3, 0.4) is 0 Å². The number of aromatic nitrogens is 1. The molecule has 27 heavy (non-hydrogen) atoms. The van der Waals surface area contributed by atoms with E-state index in [0.717, 1.165) is 18.4 Å². The second-order valence-corrected chi connectivity index (χ2v) is 7.65. The summed E-state index contributed by atoms with van der Waals surface area (Å²) in [5, 5.41) is 3.03. The van der Waals surface area contributed by atoms with Crippen molar-refractivity contribution < 1.29 is 14.3 Å². The van der Waals surface area contributed by atoms with Gasteiger partial charge in [-0.25, -0.2) is 9.78 Å². The highest BCUT2D eigenvalue weighted by molar-refractivity contribution is 5.79. The highest BCUT2D eigenvalue weighted by Crippen LogP contribution is 2.25. The lowest BCUT2D eigenvalue weighted by Gasteiger charge is -2.33. The summed E-state index contributed by atoms with van der Waals surface area (Å²) in [5.74, 6) is 0.630. The first-order chi connectivity index (χ1) is 13.0. The summed E-state index contributed by atoms with van der Waals surface area (Å²) in [5.41, 5.74) is 0.915. The predicted octanol–water partition coefficient (Wildman–Crippen LogP) is 2.41. The molecule has 148 valence electrons. The van der Waals surface area contributed by atoms with Gasteiger partial charge in [0.25, 0.3) is 0 Å². The molecule has 3 amide bonds. The number of piperidine rings is 1. The number of carbonyl (C=O) groups excluding carboxylic acids is 2. The Bertz CT molecular complexity index is 650. The van der Waals surface area contributed by atoms with Crippen LogP contribution in [0.5, 0.6) is 5.88 Å². The fourth-order valence-electron chi connectivity index (χ4n) is 3.77. The van der Waals surface area contributed by atoms with Crippen molar-refractivity contribution in [2.24, 2.45) is 5.92 Å². The van der Waals surface area contributed by atoms with Gasteiger partial charge in [0.15, 0.2) is 0 Å². The molecule has 0 aromatic carbocycles. The molecule has 1 aliphatic heterocycles. The Balaban J connectivity index is 1.49. The molecule has 1 saturated carbocycles. The lowest BCUT2D eigenvalue weighted by atomic mass is 9.96. The van der Waals surface area contributed by atoms with E-state index in [1.165, 1.54) is 12.8 Å². The average molecular weight is 374 g/mol. The van der Waals surface area contributed by atoms with Crippen LogP contribution in [-0.2, 0) is 11.3 Å². The monoisotopic (exact) mass is 374 g/mol. The van der Waals surface area contributed by atoms with Crippen LogP contribution in [0.2, 0.25) is 0 Å². The standard InChI is InChI=1S/C20H30N4O3/c1-23(2)20(26)24-12-9-15(10-13-24)18(25)22-14-16-6-5-11-21-19(16)27-17-7-3-4-8-17/h5-6,11,15,17H,3-4,7-10,12-14H2,1-2H3,(H,22,25). The van der Waals surface area contributed by atoms with Gasteiger partial charge in [0.2, 0.25) is 11.8 Å². The molecule has 0 unspecified atom stereocenters. The Hall–Kier alpha value is -2.31. The zero-order chi connectivity index (χ0) is 19.2. The van der Waals surface area contributed by atoms with Crippen molar-refractivity contribution in [1.29, 1.82) is 0 Å². The molecule has 0 radical (unpaired) electrons. The Morgan fingerprint density at radius 3 is 2.59 bits per heavy atom. The van der Waals surface area contributed by atoms with Crippen molar-refractivity contribution >= 4 is 11.9 Å². The first-order valence-corrected chi connectivity index (χ1v) is 9.89. The summed E-state index contributed by atoms with van der Waals surface area (Å²) in [7, 11) is 3.50. The van der Waals surface area contributed by atoms with Crippen LogP contribution in [0.25, 0.3) is 0 Å². The van der Waals surface area contributed by atoms with Crippen molar-refractivity contribution in [3.05, 3.63) is 23.9 Å². The van der Waals surface area contributed by atoms with E-state index >= 15 is 0 Å². The van der Waals surface area contributed by atoms with Crippen LogP contribution in [0, 0.1) is 5.92 Å². The van der Waals surface area contributed by atoms with Crippen molar-refractivity contribution in [2.75, 3.05) is 27.2 Å². The van der Waals surface area contributed by atoms with Crippen molar-refractivity contribution in [1.82, 2.24) is 20.1 Å². The number of nitrogens with zero attached hydrogens (tertiary/aromatic N) is 3. The SMILES string of the molecule is CN(C)C(=O)N1CCC(C(=O)NCc2cccnc2OC2CCCC2)CC1. The number of hydrogen-bond acceptors (Lipinski definition) is 4. The molecule has 7 nitrogen and oxygen atoms in total. The van der Waals surface area contributed by atoms with Gasteiger partial charge in [-0.2, -0.15) is 0 Å². The minimum absolute atomic E-state index is 0.0120. The summed E-state index contributed by atoms with van der Waals surface area (Å²) in [6.45, 7) is 1.67. The van der Waals surface area contributed by atoms with Gasteiger partial charge in [0, 0.05) is 51.4 Å². The van der Waals surface area contributed by atoms with Crippen molar-refractivity contribution in [3.63, 3.8) is 0 Å². The molecule has 1 aromatic heterocycles. The Morgan fingerprint density at radius 1 is 1.22 bits per heavy atom. The van der Waals surface area contributed by atoms with E-state index in [0.29, 0.717) is 38.4 Å². The molecular formula is C20H30N4O3. The molecule has 2 aliphatic rings. The number of carbonyl (C=O) groups is 2. The van der Waals surface area contributed by atoms with Crippen LogP contribution >= 0.6 is 0 Å². The molecule has 0 bridgehead atoms. The number of likely N-dealkylation sites (tertiary alicyclic amines) is 1. The lowest BCUT2D eigenvalue weighted by molar-refractivity contribution is -0.126. The third kappa shape index (κ3) is 5.11. The van der Waals surface area contributed by atoms with Gasteiger partial charge >= 0.3 is 6.03 Å². The van der Waals surface area contributed by atoms with Crippen molar-refractivity contribution in [3.8, 4) is 5.88 Å². The number of nitrogens with one attached hydrogen (secondary N) is 1. The second-order valence-electron chi connectivity index (χ2n) is 7.65. The van der Waals surface area contributed by atoms with Gasteiger partial charge in [-0.3, -0.25) is 4.79 Å². The molecule has 1 saturated heterocycles. The molecule has 1 aromatic rings. The van der Waals surface area contributed by atoms with E-state index in [-0.39, 0.29) is 24.0 Å². The average Bonchev–Trinajstić information content (AvgIpc) is 3.19. The zero-order valence-corrected chi connectivity index (χ0v) is 16.3. The van der Waals surface area contributed by atoms with Crippen LogP contribution in [0.1, 0.15) is 44.1 Å². The Kier molecular flexibility index (Phi) is 6.53. The Morgan fingerprint density at radius 2 is 1.93 bits per heavy atom. The van der Waals surface area contributed by atoms with Crippen LogP contribution < -0.4 is 10.1 Å². The number of amides is 3. The first kappa shape index (κ1) is 19.5. The second kappa shape index (κ2) is 9.06. The van der Waals surface area contributed by atoms with Gasteiger partial charge in [-0.1, -0.05) is 6.07 Å². The molecule has 0 spiro atoms. The molecular weight excluding hydrogens is 344 g/mol. The van der Waals surface area contributed by atoms with Crippen LogP contribution in [0.15, 0.2) is 18.3 Å². The Labute approximate surface area is 161 Å². The largest absolute Gasteiger partial charge is 0.474 e. The quantitative estimate of drug-likeness (QED) is 0.859. The normalized spacial score (nSPS) is 18.4. The number of rotatable bonds is 5. The third-order valence-corrected chi connectivity index (χ3v) is 5.40. The van der Waals surface area contributed by atoms with Gasteiger partial charge < -0.3 is 19.9 Å². The summed E-state index contributed by atoms with van der Waals surface area (Å²) in [6.07, 6.45) is 7.94. The van der Waals surface area contributed by atoms with Gasteiger partial charge in [-0.15, -0.1) is 0 Å². The third-order valence-electron chi connectivity index (χ3n) is 5.40. The van der Waals surface area contributed by atoms with Gasteiger partial charge in [0.05, 0.1) is 0 Å². The number of urea groups is 1. The maximum Gasteiger partial charge on any atom is 0.319 e. The highest BCUT2D eigenvalue weighted by atomic mass is 16.5. The number of pyridine rings is 1. The number of hydrogen-bond donors (Lipinski definition) is 1. The summed E-state index contributed by atoms with van der Waals surface area (Å²) in [4.78, 5) is 32.3. The van der Waals surface area contributed by atoms with Gasteiger partial charge in [-0.05, 0) is 44.6 Å². The lowest BCUT2D eigenvalue weighted by Crippen LogP contribution is -2.46. The van der Waals surface area contributed by atoms with E-state index in [1.807, 2.05) is 12.1 Å². The topological polar surface area (TPSA) is 74.8 Å². The smallest absolute Gasteiger partial charge is 0.319 e. The summed E-state index contributed by atoms with van der Waals surface area (Å²) in [6, 6.07) is 3.84. The van der Waals surface area contributed by atoms with E-state index in [1.54, 1.807) is 30.1 Å². The number of ether oxygens (including phenoxy) is 1. The fourth-order valence-corrected chi connectivity index (χ4v) is 3.77. The van der Waals surface area contributed by atoms with E-state index in [4.69, 9.17) is 4.74 Å². The predicted molar refractivity (Wildman–Crippen MR) is 102 cm³/mol. The molecule has 1 aliphatic carbocycles. The molecule has 7 heteroatoms. The molecule has 0 atom stereocenters. The van der Waals surface area contributed by atoms with E-state index < -0.39 is 0 Å². The maximum atomic E-state index is 12.6. The maximum absolute atomic E-state index is 12.6. The highest BCUT2D eigenvalue weighted by Gasteiger charge is 2.28. The summed E-state index contributed by atoms with van der Waals surface area (Å²) >= 11 is 0. The van der Waals surface area contributed by atoms with Gasteiger partial charge in [0.1, 0.15) is 6.10 Å². The zero-order valence-electron chi connectivity index (χ0n) is 16.3. The molecule has 2 fully saturated rings. The van der Waals surface area contributed by atoms with E-state index in [9.17, 15) is 9.59 Å². The molecule has 1 N–H and O–H groups in total.